The van der Waals surface area contributed by atoms with Gasteiger partial charge in [-0.15, -0.1) is 5.10 Å². The molecular weight excluding hydrogens is 370 g/mol. The number of ether oxygens (including phenoxy) is 1. The SMILES string of the molecule is COc1ccc(NC(=O)Cn2nc3c4ccc(Cl)cc4ncn3c2=O)cc1. The summed E-state index contributed by atoms with van der Waals surface area (Å²) in [6.07, 6.45) is 1.38. The number of fused-ring (bicyclic) bond motifs is 3. The van der Waals surface area contributed by atoms with Crippen LogP contribution in [0.15, 0.2) is 53.6 Å². The standard InChI is InChI=1S/C18H14ClN5O3/c1-27-13-5-3-12(4-6-13)21-16(25)9-24-18(26)23-10-20-15-8-11(19)2-7-14(15)17(23)22-24/h2-8,10H,9H2,1H3,(H,21,25). The fraction of sp³-hybridized carbons (Fsp3) is 0.111. The number of amides is 1. The second-order valence-electron chi connectivity index (χ2n) is 5.82. The van der Waals surface area contributed by atoms with Gasteiger partial charge >= 0.3 is 5.69 Å². The molecule has 0 fully saturated rings. The van der Waals surface area contributed by atoms with Gasteiger partial charge in [-0.05, 0) is 42.5 Å². The van der Waals surface area contributed by atoms with Gasteiger partial charge in [-0.25, -0.2) is 18.9 Å². The molecule has 0 aliphatic rings. The van der Waals surface area contributed by atoms with E-state index in [-0.39, 0.29) is 12.5 Å². The third-order valence-corrected chi connectivity index (χ3v) is 4.29. The van der Waals surface area contributed by atoms with Crippen LogP contribution in [-0.2, 0) is 11.3 Å². The van der Waals surface area contributed by atoms with Crippen molar-refractivity contribution in [2.24, 2.45) is 0 Å². The fourth-order valence-corrected chi connectivity index (χ4v) is 2.91. The summed E-state index contributed by atoms with van der Waals surface area (Å²) in [4.78, 5) is 29.0. The summed E-state index contributed by atoms with van der Waals surface area (Å²) >= 11 is 5.98. The van der Waals surface area contributed by atoms with Crippen molar-refractivity contribution in [3.63, 3.8) is 0 Å². The predicted octanol–water partition coefficient (Wildman–Crippen LogP) is 2.34. The van der Waals surface area contributed by atoms with Crippen LogP contribution in [0.25, 0.3) is 16.6 Å². The first-order chi connectivity index (χ1) is 13.0. The maximum Gasteiger partial charge on any atom is 0.352 e. The molecule has 9 heteroatoms. The topological polar surface area (TPSA) is 90.5 Å². The number of carbonyl (C=O) groups excluding carboxylic acids is 1. The van der Waals surface area contributed by atoms with E-state index in [1.807, 2.05) is 0 Å². The van der Waals surface area contributed by atoms with Crippen molar-refractivity contribution in [3.05, 3.63) is 64.3 Å². The molecule has 0 bridgehead atoms. The number of anilines is 1. The average Bonchev–Trinajstić information content (AvgIpc) is 2.98. The Hall–Kier alpha value is -3.39. The van der Waals surface area contributed by atoms with Gasteiger partial charge in [-0.3, -0.25) is 4.79 Å². The molecule has 0 saturated heterocycles. The molecule has 4 rings (SSSR count). The van der Waals surface area contributed by atoms with E-state index in [9.17, 15) is 9.59 Å². The predicted molar refractivity (Wildman–Crippen MR) is 101 cm³/mol. The van der Waals surface area contributed by atoms with Crippen LogP contribution in [0.3, 0.4) is 0 Å². The number of nitrogens with one attached hydrogen (secondary N) is 1. The summed E-state index contributed by atoms with van der Waals surface area (Å²) in [5, 5.41) is 8.22. The highest BCUT2D eigenvalue weighted by Crippen LogP contribution is 2.20. The summed E-state index contributed by atoms with van der Waals surface area (Å²) in [5.74, 6) is 0.315. The molecule has 0 unspecified atom stereocenters. The molecule has 4 aromatic rings. The Morgan fingerprint density at radius 2 is 2.00 bits per heavy atom. The molecule has 0 aliphatic carbocycles. The maximum atomic E-state index is 12.5. The smallest absolute Gasteiger partial charge is 0.352 e. The number of aromatic nitrogens is 4. The van der Waals surface area contributed by atoms with E-state index in [2.05, 4.69) is 15.4 Å². The van der Waals surface area contributed by atoms with Crippen molar-refractivity contribution in [2.45, 2.75) is 6.54 Å². The summed E-state index contributed by atoms with van der Waals surface area (Å²) in [6, 6.07) is 12.0. The van der Waals surface area contributed by atoms with Gasteiger partial charge < -0.3 is 10.1 Å². The molecule has 136 valence electrons. The average molecular weight is 384 g/mol. The van der Waals surface area contributed by atoms with Gasteiger partial charge in [-0.2, -0.15) is 0 Å². The number of nitrogens with zero attached hydrogens (tertiary/aromatic N) is 4. The molecule has 1 N–H and O–H groups in total. The van der Waals surface area contributed by atoms with E-state index in [0.29, 0.717) is 33.0 Å². The number of hydrogen-bond acceptors (Lipinski definition) is 5. The van der Waals surface area contributed by atoms with Gasteiger partial charge in [0.2, 0.25) is 5.91 Å². The molecular formula is C18H14ClN5O3. The molecule has 0 atom stereocenters. The third-order valence-electron chi connectivity index (χ3n) is 4.05. The first-order valence-electron chi connectivity index (χ1n) is 8.02. The zero-order valence-electron chi connectivity index (χ0n) is 14.2. The van der Waals surface area contributed by atoms with Gasteiger partial charge in [-0.1, -0.05) is 11.6 Å². The summed E-state index contributed by atoms with van der Waals surface area (Å²) in [5.41, 5.74) is 1.19. The number of benzene rings is 2. The minimum Gasteiger partial charge on any atom is -0.497 e. The van der Waals surface area contributed by atoms with Crippen LogP contribution >= 0.6 is 11.6 Å². The molecule has 2 aromatic carbocycles. The Balaban J connectivity index is 1.63. The van der Waals surface area contributed by atoms with Gasteiger partial charge in [0.1, 0.15) is 18.6 Å². The van der Waals surface area contributed by atoms with Crippen LogP contribution in [-0.4, -0.2) is 32.2 Å². The molecule has 0 spiro atoms. The molecule has 8 nitrogen and oxygen atoms in total. The minimum atomic E-state index is -0.445. The van der Waals surface area contributed by atoms with E-state index >= 15 is 0 Å². The van der Waals surface area contributed by atoms with E-state index < -0.39 is 5.69 Å². The molecule has 0 aliphatic heterocycles. The van der Waals surface area contributed by atoms with Crippen LogP contribution in [0.5, 0.6) is 5.75 Å². The summed E-state index contributed by atoms with van der Waals surface area (Å²) < 4.78 is 7.48. The molecule has 2 heterocycles. The lowest BCUT2D eigenvalue weighted by atomic mass is 10.2. The number of methoxy groups -OCH3 is 1. The van der Waals surface area contributed by atoms with Crippen molar-refractivity contribution in [1.29, 1.82) is 0 Å². The lowest BCUT2D eigenvalue weighted by molar-refractivity contribution is -0.117. The Morgan fingerprint density at radius 1 is 1.22 bits per heavy atom. The second kappa shape index (κ2) is 6.73. The van der Waals surface area contributed by atoms with Crippen LogP contribution < -0.4 is 15.7 Å². The van der Waals surface area contributed by atoms with Gasteiger partial charge in [0.05, 0.1) is 12.6 Å². The quantitative estimate of drug-likeness (QED) is 0.584. The minimum absolute atomic E-state index is 0.221. The zero-order chi connectivity index (χ0) is 19.0. The third kappa shape index (κ3) is 3.22. The first kappa shape index (κ1) is 17.0. The van der Waals surface area contributed by atoms with Gasteiger partial charge in [0.15, 0.2) is 5.65 Å². The van der Waals surface area contributed by atoms with Crippen molar-refractivity contribution in [2.75, 3.05) is 12.4 Å². The monoisotopic (exact) mass is 383 g/mol. The fourth-order valence-electron chi connectivity index (χ4n) is 2.74. The highest BCUT2D eigenvalue weighted by Gasteiger charge is 2.14. The zero-order valence-corrected chi connectivity index (χ0v) is 15.0. The van der Waals surface area contributed by atoms with E-state index in [1.165, 1.54) is 10.7 Å². The lowest BCUT2D eigenvalue weighted by Gasteiger charge is -2.05. The number of hydrogen-bond donors (Lipinski definition) is 1. The normalized spacial score (nSPS) is 11.0. The summed E-state index contributed by atoms with van der Waals surface area (Å²) in [7, 11) is 1.57. The highest BCUT2D eigenvalue weighted by molar-refractivity contribution is 6.31. The van der Waals surface area contributed by atoms with Crippen LogP contribution in [0.2, 0.25) is 5.02 Å². The van der Waals surface area contributed by atoms with Crippen LogP contribution in [0, 0.1) is 0 Å². The van der Waals surface area contributed by atoms with E-state index in [1.54, 1.807) is 49.6 Å². The molecule has 27 heavy (non-hydrogen) atoms. The van der Waals surface area contributed by atoms with Crippen LogP contribution in [0.4, 0.5) is 5.69 Å². The number of halogens is 1. The number of rotatable bonds is 4. The van der Waals surface area contributed by atoms with Crippen molar-refractivity contribution in [1.82, 2.24) is 19.2 Å². The van der Waals surface area contributed by atoms with Crippen molar-refractivity contribution < 1.29 is 9.53 Å². The van der Waals surface area contributed by atoms with Crippen molar-refractivity contribution in [3.8, 4) is 5.75 Å². The lowest BCUT2D eigenvalue weighted by Crippen LogP contribution is -2.28. The Bertz CT molecular complexity index is 1210. The molecule has 0 saturated carbocycles. The Labute approximate surface area is 158 Å². The number of carbonyl (C=O) groups is 1. The molecule has 0 radical (unpaired) electrons. The van der Waals surface area contributed by atoms with E-state index in [0.717, 1.165) is 4.68 Å². The molecule has 1 amide bonds. The van der Waals surface area contributed by atoms with Crippen molar-refractivity contribution >= 4 is 39.7 Å². The maximum absolute atomic E-state index is 12.5. The highest BCUT2D eigenvalue weighted by atomic mass is 35.5. The largest absolute Gasteiger partial charge is 0.497 e. The Kier molecular flexibility index (Phi) is 4.25. The van der Waals surface area contributed by atoms with Crippen LogP contribution in [0.1, 0.15) is 0 Å². The second-order valence-corrected chi connectivity index (χ2v) is 6.25. The van der Waals surface area contributed by atoms with Gasteiger partial charge in [0, 0.05) is 16.1 Å². The summed E-state index contributed by atoms with van der Waals surface area (Å²) in [6.45, 7) is -0.221. The molecule has 2 aromatic heterocycles. The van der Waals surface area contributed by atoms with E-state index in [4.69, 9.17) is 16.3 Å². The Morgan fingerprint density at radius 3 is 2.74 bits per heavy atom. The van der Waals surface area contributed by atoms with Gasteiger partial charge in [0.25, 0.3) is 0 Å². The first-order valence-corrected chi connectivity index (χ1v) is 8.40.